The van der Waals surface area contributed by atoms with Crippen molar-refractivity contribution < 1.29 is 22.4 Å². The molecular weight excluding hydrogens is 337 g/mol. The van der Waals surface area contributed by atoms with E-state index in [9.17, 15) is 22.4 Å². The van der Waals surface area contributed by atoms with E-state index in [1.807, 2.05) is 0 Å². The zero-order chi connectivity index (χ0) is 17.3. The number of benzene rings is 1. The van der Waals surface area contributed by atoms with Crippen LogP contribution in [0.1, 0.15) is 19.3 Å². The molecule has 1 fully saturated rings. The summed E-state index contributed by atoms with van der Waals surface area (Å²) in [5.74, 6) is -1.62. The Morgan fingerprint density at radius 2 is 2.04 bits per heavy atom. The van der Waals surface area contributed by atoms with Crippen molar-refractivity contribution in [1.82, 2.24) is 5.01 Å². The first-order valence-corrected chi connectivity index (χ1v) is 9.34. The van der Waals surface area contributed by atoms with Gasteiger partial charge in [-0.2, -0.15) is 5.10 Å². The minimum Gasteiger partial charge on any atom is -0.318 e. The summed E-state index contributed by atoms with van der Waals surface area (Å²) in [6, 6.07) is 5.18. The van der Waals surface area contributed by atoms with E-state index in [1.165, 1.54) is 18.2 Å². The van der Waals surface area contributed by atoms with Crippen molar-refractivity contribution in [3.8, 4) is 0 Å². The predicted molar refractivity (Wildman–Crippen MR) is 85.6 cm³/mol. The number of carbonyl (C=O) groups excluding carboxylic acids is 2. The number of hydrogen-bond donors (Lipinski definition) is 1. The topological polar surface area (TPSA) is 95.9 Å². The molecular formula is C15H16FN3O4S. The quantitative estimate of drug-likeness (QED) is 0.874. The van der Waals surface area contributed by atoms with Crippen molar-refractivity contribution in [2.24, 2.45) is 5.10 Å². The summed E-state index contributed by atoms with van der Waals surface area (Å²) in [5.41, 5.74) is 0.110. The molecule has 0 aliphatic carbocycles. The molecule has 2 amide bonds. The lowest BCUT2D eigenvalue weighted by Gasteiger charge is -2.27. The number of sulfone groups is 1. The molecule has 2 aliphatic heterocycles. The molecule has 0 bridgehead atoms. The van der Waals surface area contributed by atoms with E-state index in [-0.39, 0.29) is 41.7 Å². The summed E-state index contributed by atoms with van der Waals surface area (Å²) in [4.78, 5) is 24.3. The lowest BCUT2D eigenvalue weighted by molar-refractivity contribution is -0.133. The van der Waals surface area contributed by atoms with Gasteiger partial charge in [0.15, 0.2) is 9.84 Å². The molecule has 3 rings (SSSR count). The summed E-state index contributed by atoms with van der Waals surface area (Å²) >= 11 is 0. The number of nitrogens with one attached hydrogen (secondary N) is 1. The van der Waals surface area contributed by atoms with Crippen molar-refractivity contribution in [3.05, 3.63) is 30.1 Å². The van der Waals surface area contributed by atoms with Gasteiger partial charge >= 0.3 is 0 Å². The van der Waals surface area contributed by atoms with E-state index in [4.69, 9.17) is 0 Å². The third-order valence-electron chi connectivity index (χ3n) is 4.00. The van der Waals surface area contributed by atoms with E-state index in [2.05, 4.69) is 10.4 Å². The maximum atomic E-state index is 13.6. The molecule has 7 nitrogen and oxygen atoms in total. The Bertz CT molecular complexity index is 822. The van der Waals surface area contributed by atoms with Gasteiger partial charge in [0.05, 0.1) is 23.2 Å². The van der Waals surface area contributed by atoms with Gasteiger partial charge in [-0.05, 0) is 18.6 Å². The van der Waals surface area contributed by atoms with Crippen molar-refractivity contribution in [3.63, 3.8) is 0 Å². The van der Waals surface area contributed by atoms with E-state index in [0.29, 0.717) is 6.42 Å². The maximum Gasteiger partial charge on any atom is 0.271 e. The van der Waals surface area contributed by atoms with Gasteiger partial charge in [0.25, 0.3) is 5.91 Å². The molecule has 1 saturated heterocycles. The Hall–Kier alpha value is -2.29. The number of nitrogens with zero attached hydrogens (tertiary/aromatic N) is 2. The molecule has 1 N–H and O–H groups in total. The SMILES string of the molecule is O=C(Nc1ccccc1F)C1=NN([C@H]2CCS(=O)(=O)C2)C(=O)CC1. The second-order valence-corrected chi connectivity index (χ2v) is 8.00. The van der Waals surface area contributed by atoms with E-state index >= 15 is 0 Å². The Morgan fingerprint density at radius 3 is 2.71 bits per heavy atom. The predicted octanol–water partition coefficient (Wildman–Crippen LogP) is 0.930. The van der Waals surface area contributed by atoms with Crippen LogP contribution in [-0.2, 0) is 19.4 Å². The third-order valence-corrected chi connectivity index (χ3v) is 5.75. The van der Waals surface area contributed by atoms with E-state index in [1.54, 1.807) is 6.07 Å². The molecule has 1 aromatic carbocycles. The van der Waals surface area contributed by atoms with Gasteiger partial charge in [-0.15, -0.1) is 0 Å². The molecule has 1 aromatic rings. The smallest absolute Gasteiger partial charge is 0.271 e. The zero-order valence-corrected chi connectivity index (χ0v) is 13.6. The molecule has 0 spiro atoms. The average Bonchev–Trinajstić information content (AvgIpc) is 2.90. The van der Waals surface area contributed by atoms with Crippen LogP contribution in [0.15, 0.2) is 29.4 Å². The number of amides is 2. The van der Waals surface area contributed by atoms with Crippen LogP contribution in [0.25, 0.3) is 0 Å². The lowest BCUT2D eigenvalue weighted by atomic mass is 10.1. The summed E-state index contributed by atoms with van der Waals surface area (Å²) in [6.45, 7) is 0. The average molecular weight is 353 g/mol. The van der Waals surface area contributed by atoms with Gasteiger partial charge in [-0.1, -0.05) is 12.1 Å². The molecule has 24 heavy (non-hydrogen) atoms. The van der Waals surface area contributed by atoms with Gasteiger partial charge in [-0.3, -0.25) is 9.59 Å². The number of hydrazone groups is 1. The Kier molecular flexibility index (Phi) is 4.35. The van der Waals surface area contributed by atoms with Gasteiger partial charge < -0.3 is 5.32 Å². The van der Waals surface area contributed by atoms with Gasteiger partial charge in [0.1, 0.15) is 11.5 Å². The standard InChI is InChI=1S/C15H16FN3O4S/c16-11-3-1-2-4-12(11)17-15(21)13-5-6-14(20)19(18-13)10-7-8-24(22,23)9-10/h1-4,10H,5-9H2,(H,17,21)/t10-/m0/s1. The van der Waals surface area contributed by atoms with Crippen LogP contribution in [-0.4, -0.2) is 48.5 Å². The minimum atomic E-state index is -3.17. The van der Waals surface area contributed by atoms with Crippen LogP contribution in [0.4, 0.5) is 10.1 Å². The highest BCUT2D eigenvalue weighted by atomic mass is 32.2. The van der Waals surface area contributed by atoms with Crippen LogP contribution in [0, 0.1) is 5.82 Å². The number of carbonyl (C=O) groups is 2. The highest BCUT2D eigenvalue weighted by Gasteiger charge is 2.37. The molecule has 9 heteroatoms. The summed E-state index contributed by atoms with van der Waals surface area (Å²) in [7, 11) is -3.17. The van der Waals surface area contributed by atoms with Crippen LogP contribution >= 0.6 is 0 Å². The second kappa shape index (κ2) is 6.31. The normalized spacial score (nSPS) is 23.0. The second-order valence-electron chi connectivity index (χ2n) is 5.78. The molecule has 0 unspecified atom stereocenters. The Labute approximate surface area is 138 Å². The summed E-state index contributed by atoms with van der Waals surface area (Å²) in [6.07, 6.45) is 0.509. The van der Waals surface area contributed by atoms with E-state index < -0.39 is 27.6 Å². The number of halogens is 1. The van der Waals surface area contributed by atoms with Crippen molar-refractivity contribution >= 4 is 33.1 Å². The number of para-hydroxylation sites is 1. The van der Waals surface area contributed by atoms with Gasteiger partial charge in [0.2, 0.25) is 5.91 Å². The molecule has 2 heterocycles. The molecule has 1 atom stereocenters. The molecule has 0 radical (unpaired) electrons. The minimum absolute atomic E-state index is 0.00766. The molecule has 0 aromatic heterocycles. The van der Waals surface area contributed by atoms with Crippen molar-refractivity contribution in [2.75, 3.05) is 16.8 Å². The Balaban J connectivity index is 1.78. The van der Waals surface area contributed by atoms with Gasteiger partial charge in [0, 0.05) is 12.8 Å². The molecule has 2 aliphatic rings. The first kappa shape index (κ1) is 16.6. The highest BCUT2D eigenvalue weighted by molar-refractivity contribution is 7.91. The van der Waals surface area contributed by atoms with Crippen LogP contribution in [0.2, 0.25) is 0 Å². The number of rotatable bonds is 3. The summed E-state index contributed by atoms with van der Waals surface area (Å²) in [5, 5.41) is 7.56. The number of hydrogen-bond acceptors (Lipinski definition) is 5. The van der Waals surface area contributed by atoms with E-state index in [0.717, 1.165) is 5.01 Å². The number of anilines is 1. The fourth-order valence-corrected chi connectivity index (χ4v) is 4.44. The van der Waals surface area contributed by atoms with Crippen molar-refractivity contribution in [2.45, 2.75) is 25.3 Å². The Morgan fingerprint density at radius 1 is 1.29 bits per heavy atom. The van der Waals surface area contributed by atoms with Crippen LogP contribution < -0.4 is 5.32 Å². The largest absolute Gasteiger partial charge is 0.318 e. The maximum absolute atomic E-state index is 13.6. The highest BCUT2D eigenvalue weighted by Crippen LogP contribution is 2.22. The first-order valence-electron chi connectivity index (χ1n) is 7.51. The molecule has 0 saturated carbocycles. The van der Waals surface area contributed by atoms with Gasteiger partial charge in [-0.25, -0.2) is 17.8 Å². The van der Waals surface area contributed by atoms with Crippen LogP contribution in [0.3, 0.4) is 0 Å². The van der Waals surface area contributed by atoms with Crippen LogP contribution in [0.5, 0.6) is 0 Å². The zero-order valence-electron chi connectivity index (χ0n) is 12.7. The fraction of sp³-hybridized carbons (Fsp3) is 0.400. The van der Waals surface area contributed by atoms with Crippen molar-refractivity contribution in [1.29, 1.82) is 0 Å². The summed E-state index contributed by atoms with van der Waals surface area (Å²) < 4.78 is 36.8. The monoisotopic (exact) mass is 353 g/mol. The first-order chi connectivity index (χ1) is 11.4. The third kappa shape index (κ3) is 3.45. The lowest BCUT2D eigenvalue weighted by Crippen LogP contribution is -2.42. The fourth-order valence-electron chi connectivity index (χ4n) is 2.75. The molecule has 128 valence electrons.